The van der Waals surface area contributed by atoms with E-state index in [4.69, 9.17) is 23.7 Å². The molecule has 3 aromatic carbocycles. The number of rotatable bonds is 13. The van der Waals surface area contributed by atoms with E-state index in [0.717, 1.165) is 9.13 Å². The number of nitro benzene ring substituents is 1. The Hall–Kier alpha value is -4.70. The third kappa shape index (κ3) is 7.86. The molecule has 0 aliphatic carbocycles. The number of halogens is 1. The number of benzene rings is 3. The molecule has 0 amide bonds. The number of fused-ring (bicyclic) bond motifs is 1. The minimum Gasteiger partial charge on any atom is -0.493 e. The van der Waals surface area contributed by atoms with E-state index in [1.807, 2.05) is 32.9 Å². The molecule has 1 aliphatic heterocycles. The van der Waals surface area contributed by atoms with Gasteiger partial charge in [-0.25, -0.2) is 9.79 Å². The molecule has 262 valence electrons. The minimum atomic E-state index is -0.830. The molecule has 0 saturated carbocycles. The van der Waals surface area contributed by atoms with Crippen molar-refractivity contribution in [2.24, 2.45) is 4.99 Å². The van der Waals surface area contributed by atoms with E-state index < -0.39 is 16.9 Å². The number of esters is 1. The molecule has 0 fully saturated rings. The van der Waals surface area contributed by atoms with Gasteiger partial charge >= 0.3 is 5.97 Å². The van der Waals surface area contributed by atoms with Crippen molar-refractivity contribution in [3.63, 3.8) is 0 Å². The number of carbonyl (C=O) groups excluding carboxylic acids is 1. The zero-order chi connectivity index (χ0) is 36.1. The Kier molecular flexibility index (Phi) is 11.6. The summed E-state index contributed by atoms with van der Waals surface area (Å²) < 4.78 is 31.7. The fourth-order valence-electron chi connectivity index (χ4n) is 5.41. The van der Waals surface area contributed by atoms with Crippen LogP contribution in [0.2, 0.25) is 0 Å². The first-order valence-electron chi connectivity index (χ1n) is 15.8. The lowest BCUT2D eigenvalue weighted by atomic mass is 9.95. The highest BCUT2D eigenvalue weighted by atomic mass is 127. The largest absolute Gasteiger partial charge is 0.493 e. The summed E-state index contributed by atoms with van der Waals surface area (Å²) in [5.41, 5.74) is 2.46. The number of ether oxygens (including phenoxy) is 5. The van der Waals surface area contributed by atoms with Crippen LogP contribution in [0.25, 0.3) is 6.08 Å². The van der Waals surface area contributed by atoms with Crippen LogP contribution in [0.3, 0.4) is 0 Å². The van der Waals surface area contributed by atoms with Crippen molar-refractivity contribution in [1.29, 1.82) is 0 Å². The lowest BCUT2D eigenvalue weighted by Crippen LogP contribution is -2.40. The quantitative estimate of drug-likeness (QED) is 0.0680. The van der Waals surface area contributed by atoms with Gasteiger partial charge in [-0.1, -0.05) is 17.4 Å². The van der Waals surface area contributed by atoms with Crippen LogP contribution in [0.5, 0.6) is 23.0 Å². The Labute approximate surface area is 305 Å². The first kappa shape index (κ1) is 36.6. The molecule has 5 rings (SSSR count). The summed E-state index contributed by atoms with van der Waals surface area (Å²) in [7, 11) is 1.54. The SMILES string of the molecule is CCOC(=O)C1=C(C)N=c2s/c(=C/c3cc(I)c(OCc4ccc([N+](=O)[O-])cc4)c(OCC)c3)c(=O)n2[C@H]1c1ccc(OC(C)C)c(OC)c1. The van der Waals surface area contributed by atoms with Gasteiger partial charge in [0.2, 0.25) is 0 Å². The molecule has 0 spiro atoms. The first-order valence-corrected chi connectivity index (χ1v) is 17.7. The monoisotopic (exact) mass is 813 g/mol. The Bertz CT molecular complexity index is 2140. The number of carbonyl (C=O) groups is 1. The number of hydrogen-bond donors (Lipinski definition) is 0. The van der Waals surface area contributed by atoms with Crippen LogP contribution in [-0.2, 0) is 16.1 Å². The van der Waals surface area contributed by atoms with Crippen LogP contribution < -0.4 is 33.8 Å². The molecule has 14 heteroatoms. The second kappa shape index (κ2) is 15.9. The maximum Gasteiger partial charge on any atom is 0.338 e. The summed E-state index contributed by atoms with van der Waals surface area (Å²) in [6.45, 7) is 9.84. The third-order valence-corrected chi connectivity index (χ3v) is 9.33. The van der Waals surface area contributed by atoms with Gasteiger partial charge < -0.3 is 23.7 Å². The zero-order valence-electron chi connectivity index (χ0n) is 28.4. The van der Waals surface area contributed by atoms with Gasteiger partial charge in [0.1, 0.15) is 6.61 Å². The van der Waals surface area contributed by atoms with Gasteiger partial charge in [0, 0.05) is 12.1 Å². The van der Waals surface area contributed by atoms with Crippen LogP contribution in [0.1, 0.15) is 57.4 Å². The fourth-order valence-corrected chi connectivity index (χ4v) is 7.24. The van der Waals surface area contributed by atoms with Crippen molar-refractivity contribution in [1.82, 2.24) is 4.57 Å². The van der Waals surface area contributed by atoms with Crippen LogP contribution in [0, 0.1) is 13.7 Å². The average molecular weight is 814 g/mol. The molecule has 1 atom stereocenters. The van der Waals surface area contributed by atoms with Crippen molar-refractivity contribution in [2.75, 3.05) is 20.3 Å². The molecular formula is C36H36IN3O9S. The van der Waals surface area contributed by atoms with Gasteiger partial charge in [-0.15, -0.1) is 0 Å². The van der Waals surface area contributed by atoms with Gasteiger partial charge in [0.15, 0.2) is 27.8 Å². The lowest BCUT2D eigenvalue weighted by molar-refractivity contribution is -0.384. The fraction of sp³-hybridized carbons (Fsp3) is 0.306. The number of non-ortho nitro benzene ring substituents is 1. The summed E-state index contributed by atoms with van der Waals surface area (Å²) in [5, 5.41) is 11.0. The highest BCUT2D eigenvalue weighted by molar-refractivity contribution is 14.1. The standard InChI is InChI=1S/C36H36IN3O9S/c1-7-46-29-16-23(15-26(37)33(29)48-19-22-9-12-25(13-10-22)40(43)44)17-30-34(41)39-32(24-11-14-27(49-20(3)4)28(18-24)45-6)31(35(42)47-8-2)21(5)38-36(39)50-30/h9-18,20,32H,7-8,19H2,1-6H3/b30-17+/t32-/m0/s1. The second-order valence-corrected chi connectivity index (χ2v) is 13.5. The molecule has 1 aromatic heterocycles. The smallest absolute Gasteiger partial charge is 0.338 e. The molecule has 1 aliphatic rings. The molecule has 2 heterocycles. The van der Waals surface area contributed by atoms with Gasteiger partial charge in [-0.3, -0.25) is 19.5 Å². The second-order valence-electron chi connectivity index (χ2n) is 11.4. The van der Waals surface area contributed by atoms with Crippen LogP contribution in [0.4, 0.5) is 5.69 Å². The zero-order valence-corrected chi connectivity index (χ0v) is 31.3. The Morgan fingerprint density at radius 3 is 2.44 bits per heavy atom. The number of nitrogens with zero attached hydrogens (tertiary/aromatic N) is 3. The summed E-state index contributed by atoms with van der Waals surface area (Å²) in [5.74, 6) is 1.43. The summed E-state index contributed by atoms with van der Waals surface area (Å²) in [6.07, 6.45) is 1.67. The first-order chi connectivity index (χ1) is 23.9. The molecule has 12 nitrogen and oxygen atoms in total. The Morgan fingerprint density at radius 1 is 1.06 bits per heavy atom. The van der Waals surface area contributed by atoms with E-state index >= 15 is 0 Å². The van der Waals surface area contributed by atoms with Crippen molar-refractivity contribution >= 4 is 51.7 Å². The molecule has 0 unspecified atom stereocenters. The van der Waals surface area contributed by atoms with Gasteiger partial charge in [0.25, 0.3) is 11.2 Å². The predicted octanol–water partition coefficient (Wildman–Crippen LogP) is 6.08. The predicted molar refractivity (Wildman–Crippen MR) is 197 cm³/mol. The minimum absolute atomic E-state index is 0.000405. The summed E-state index contributed by atoms with van der Waals surface area (Å²) in [6, 6.07) is 14.3. The van der Waals surface area contributed by atoms with E-state index in [9.17, 15) is 19.7 Å². The molecule has 0 N–H and O–H groups in total. The van der Waals surface area contributed by atoms with Crippen molar-refractivity contribution in [3.05, 3.63) is 116 Å². The van der Waals surface area contributed by atoms with E-state index in [0.29, 0.717) is 55.8 Å². The number of hydrogen-bond acceptors (Lipinski definition) is 11. The highest BCUT2D eigenvalue weighted by Gasteiger charge is 2.34. The van der Waals surface area contributed by atoms with E-state index in [2.05, 4.69) is 27.6 Å². The van der Waals surface area contributed by atoms with E-state index in [1.165, 1.54) is 35.1 Å². The number of allylic oxidation sites excluding steroid dienone is 1. The van der Waals surface area contributed by atoms with E-state index in [-0.39, 0.29) is 36.1 Å². The van der Waals surface area contributed by atoms with Crippen LogP contribution >= 0.6 is 33.9 Å². The Morgan fingerprint density at radius 2 is 1.80 bits per heavy atom. The normalized spacial score (nSPS) is 14.2. The summed E-state index contributed by atoms with van der Waals surface area (Å²) >= 11 is 3.36. The summed E-state index contributed by atoms with van der Waals surface area (Å²) in [4.78, 5) is 43.3. The van der Waals surface area contributed by atoms with Gasteiger partial charge in [0.05, 0.1) is 56.8 Å². The van der Waals surface area contributed by atoms with E-state index in [1.54, 1.807) is 50.3 Å². The average Bonchev–Trinajstić information content (AvgIpc) is 3.37. The molecular weight excluding hydrogens is 777 g/mol. The molecule has 0 radical (unpaired) electrons. The maximum atomic E-state index is 14.2. The van der Waals surface area contributed by atoms with Gasteiger partial charge in [-0.2, -0.15) is 0 Å². The maximum absolute atomic E-state index is 14.2. The van der Waals surface area contributed by atoms with Crippen molar-refractivity contribution in [2.45, 2.75) is 53.4 Å². The number of methoxy groups -OCH3 is 1. The highest BCUT2D eigenvalue weighted by Crippen LogP contribution is 2.37. The molecule has 4 aromatic rings. The molecule has 50 heavy (non-hydrogen) atoms. The van der Waals surface area contributed by atoms with Crippen LogP contribution in [0.15, 0.2) is 75.7 Å². The number of aromatic nitrogens is 1. The third-order valence-electron chi connectivity index (χ3n) is 7.54. The van der Waals surface area contributed by atoms with Crippen molar-refractivity contribution in [3.8, 4) is 23.0 Å². The lowest BCUT2D eigenvalue weighted by Gasteiger charge is -2.25. The Balaban J connectivity index is 1.57. The number of nitro groups is 1. The van der Waals surface area contributed by atoms with Gasteiger partial charge in [-0.05, 0) is 116 Å². The molecule has 0 bridgehead atoms. The molecule has 0 saturated heterocycles. The number of thiazole rings is 1. The van der Waals surface area contributed by atoms with Crippen LogP contribution in [-0.4, -0.2) is 41.9 Å². The topological polar surface area (TPSA) is 141 Å². The van der Waals surface area contributed by atoms with Crippen molar-refractivity contribution < 1.29 is 33.4 Å².